The maximum absolute atomic E-state index is 15.3. The number of aromatic nitrogens is 1. The fourth-order valence-electron chi connectivity index (χ4n) is 5.26. The van der Waals surface area contributed by atoms with Gasteiger partial charge in [0.15, 0.2) is 23.1 Å². The third kappa shape index (κ3) is 9.41. The van der Waals surface area contributed by atoms with Gasteiger partial charge in [0, 0.05) is 47.4 Å². The molecule has 1 fully saturated rings. The lowest BCUT2D eigenvalue weighted by atomic mass is 10.0. The number of ether oxygens (including phenoxy) is 3. The van der Waals surface area contributed by atoms with Crippen LogP contribution in [0.5, 0.6) is 23.0 Å². The lowest BCUT2D eigenvalue weighted by molar-refractivity contribution is -0.131. The number of carbonyl (C=O) groups excluding carboxylic acids is 3. The summed E-state index contributed by atoms with van der Waals surface area (Å²) in [5, 5.41) is 8.68. The first kappa shape index (κ1) is 36.4. The number of fused-ring (bicyclic) bond motifs is 1. The van der Waals surface area contributed by atoms with Crippen molar-refractivity contribution in [3.8, 4) is 23.0 Å². The van der Waals surface area contributed by atoms with Crippen molar-refractivity contribution in [2.45, 2.75) is 51.9 Å². The second-order valence-corrected chi connectivity index (χ2v) is 12.9. The normalized spacial score (nSPS) is 13.0. The highest BCUT2D eigenvalue weighted by Crippen LogP contribution is 2.47. The van der Waals surface area contributed by atoms with Gasteiger partial charge in [-0.15, -0.1) is 0 Å². The van der Waals surface area contributed by atoms with Gasteiger partial charge >= 0.3 is 0 Å². The van der Waals surface area contributed by atoms with Crippen LogP contribution in [-0.4, -0.2) is 48.1 Å². The fraction of sp³-hybridized carbons (Fsp3) is 0.351. The van der Waals surface area contributed by atoms with Gasteiger partial charge in [-0.25, -0.2) is 8.78 Å². The molecule has 0 unspecified atom stereocenters. The van der Waals surface area contributed by atoms with E-state index in [2.05, 4.69) is 20.9 Å². The Morgan fingerprint density at radius 1 is 0.820 bits per heavy atom. The molecule has 0 aliphatic heterocycles. The van der Waals surface area contributed by atoms with Gasteiger partial charge in [-0.1, -0.05) is 31.0 Å². The SMILES string of the molecule is CCNC(=O)SCCCCCCCOc1cc2nccc(Oc3ccc(NC(=O)C4(C(=O)Nc5ccc(F)cc5)CC4)cc3F)c2cc1OC. The largest absolute Gasteiger partial charge is 0.493 e. The number of unbranched alkanes of at least 4 members (excludes halogenated alkanes) is 4. The van der Waals surface area contributed by atoms with E-state index in [0.29, 0.717) is 59.8 Å². The van der Waals surface area contributed by atoms with E-state index >= 15 is 4.39 Å². The molecule has 0 bridgehead atoms. The van der Waals surface area contributed by atoms with Crippen molar-refractivity contribution < 1.29 is 37.4 Å². The van der Waals surface area contributed by atoms with E-state index in [1.807, 2.05) is 6.92 Å². The summed E-state index contributed by atoms with van der Waals surface area (Å²) in [7, 11) is 1.54. The topological polar surface area (TPSA) is 128 Å². The summed E-state index contributed by atoms with van der Waals surface area (Å²) in [6.07, 6.45) is 7.18. The van der Waals surface area contributed by atoms with Crippen molar-refractivity contribution in [3.63, 3.8) is 0 Å². The number of nitrogens with one attached hydrogen (secondary N) is 3. The van der Waals surface area contributed by atoms with Crippen LogP contribution in [0.15, 0.2) is 66.9 Å². The first-order valence-electron chi connectivity index (χ1n) is 16.6. The Balaban J connectivity index is 1.15. The molecular weight excluding hydrogens is 666 g/mol. The molecule has 13 heteroatoms. The monoisotopic (exact) mass is 706 g/mol. The molecule has 4 aromatic rings. The summed E-state index contributed by atoms with van der Waals surface area (Å²) in [4.78, 5) is 41.9. The van der Waals surface area contributed by atoms with Crippen molar-refractivity contribution in [2.75, 3.05) is 36.6 Å². The van der Waals surface area contributed by atoms with Crippen molar-refractivity contribution in [2.24, 2.45) is 5.41 Å². The van der Waals surface area contributed by atoms with Gasteiger partial charge in [-0.2, -0.15) is 0 Å². The second kappa shape index (κ2) is 17.1. The average Bonchev–Trinajstić information content (AvgIpc) is 3.92. The molecule has 0 spiro atoms. The zero-order chi connectivity index (χ0) is 35.5. The summed E-state index contributed by atoms with van der Waals surface area (Å²) in [5.41, 5.74) is -0.177. The van der Waals surface area contributed by atoms with Crippen molar-refractivity contribution >= 4 is 51.1 Å². The molecule has 1 aliphatic rings. The maximum atomic E-state index is 15.3. The predicted molar refractivity (Wildman–Crippen MR) is 190 cm³/mol. The van der Waals surface area contributed by atoms with E-state index in [0.717, 1.165) is 43.9 Å². The third-order valence-corrected chi connectivity index (χ3v) is 9.12. The molecule has 0 radical (unpaired) electrons. The number of halogens is 2. The number of nitrogens with zero attached hydrogens (tertiary/aromatic N) is 1. The lowest BCUT2D eigenvalue weighted by Gasteiger charge is -2.16. The number of hydrogen-bond acceptors (Lipinski definition) is 8. The molecule has 3 N–H and O–H groups in total. The summed E-state index contributed by atoms with van der Waals surface area (Å²) >= 11 is 1.33. The molecule has 1 heterocycles. The Bertz CT molecular complexity index is 1820. The zero-order valence-corrected chi connectivity index (χ0v) is 28.8. The van der Waals surface area contributed by atoms with Gasteiger partial charge in [0.1, 0.15) is 17.0 Å². The molecule has 0 atom stereocenters. The minimum Gasteiger partial charge on any atom is -0.493 e. The second-order valence-electron chi connectivity index (χ2n) is 11.9. The van der Waals surface area contributed by atoms with Gasteiger partial charge in [0.25, 0.3) is 5.24 Å². The van der Waals surface area contributed by atoms with Crippen LogP contribution in [0.25, 0.3) is 10.9 Å². The number of anilines is 2. The molecule has 10 nitrogen and oxygen atoms in total. The number of carbonyl (C=O) groups is 3. The highest BCUT2D eigenvalue weighted by Gasteiger charge is 2.56. The molecule has 3 aromatic carbocycles. The fourth-order valence-corrected chi connectivity index (χ4v) is 6.04. The molecule has 1 saturated carbocycles. The molecular formula is C37H40F2N4O6S. The van der Waals surface area contributed by atoms with E-state index in [1.54, 1.807) is 24.4 Å². The van der Waals surface area contributed by atoms with E-state index in [-0.39, 0.29) is 16.7 Å². The molecule has 3 amide bonds. The van der Waals surface area contributed by atoms with Crippen LogP contribution in [0.2, 0.25) is 0 Å². The van der Waals surface area contributed by atoms with E-state index < -0.39 is 28.9 Å². The minimum atomic E-state index is -1.29. The van der Waals surface area contributed by atoms with Crippen molar-refractivity contribution in [1.82, 2.24) is 10.3 Å². The van der Waals surface area contributed by atoms with E-state index in [1.165, 1.54) is 55.3 Å². The maximum Gasteiger partial charge on any atom is 0.279 e. The molecule has 5 rings (SSSR count). The van der Waals surface area contributed by atoms with Gasteiger partial charge in [0.05, 0.1) is 19.2 Å². The number of methoxy groups -OCH3 is 1. The van der Waals surface area contributed by atoms with Crippen molar-refractivity contribution in [1.29, 1.82) is 0 Å². The van der Waals surface area contributed by atoms with Gasteiger partial charge in [0.2, 0.25) is 11.8 Å². The molecule has 50 heavy (non-hydrogen) atoms. The number of hydrogen-bond donors (Lipinski definition) is 3. The van der Waals surface area contributed by atoms with Crippen LogP contribution in [0, 0.1) is 17.0 Å². The van der Waals surface area contributed by atoms with Crippen LogP contribution in [0.4, 0.5) is 25.0 Å². The molecule has 1 aliphatic carbocycles. The molecule has 0 saturated heterocycles. The van der Waals surface area contributed by atoms with Crippen molar-refractivity contribution in [3.05, 3.63) is 78.5 Å². The zero-order valence-electron chi connectivity index (χ0n) is 28.0. The number of rotatable bonds is 17. The van der Waals surface area contributed by atoms with Gasteiger partial charge in [-0.05, 0) is 81.1 Å². The quantitative estimate of drug-likeness (QED) is 0.0737. The Hall–Kier alpha value is -4.91. The first-order valence-corrected chi connectivity index (χ1v) is 17.6. The molecule has 264 valence electrons. The van der Waals surface area contributed by atoms with Gasteiger partial charge < -0.3 is 30.2 Å². The molecule has 1 aromatic heterocycles. The first-order chi connectivity index (χ1) is 24.2. The summed E-state index contributed by atoms with van der Waals surface area (Å²) in [6, 6.07) is 14.4. The number of benzene rings is 3. The van der Waals surface area contributed by atoms with Gasteiger partial charge in [-0.3, -0.25) is 19.4 Å². The number of thioether (sulfide) groups is 1. The van der Waals surface area contributed by atoms with Crippen LogP contribution >= 0.6 is 11.8 Å². The Morgan fingerprint density at radius 2 is 1.52 bits per heavy atom. The predicted octanol–water partition coefficient (Wildman–Crippen LogP) is 8.46. The highest BCUT2D eigenvalue weighted by atomic mass is 32.2. The summed E-state index contributed by atoms with van der Waals surface area (Å²) < 4.78 is 46.1. The summed E-state index contributed by atoms with van der Waals surface area (Å²) in [5.74, 6) is -0.127. The standard InChI is InChI=1S/C37H40F2N4O6S/c1-3-40-36(46)50-20-8-6-4-5-7-19-48-33-23-29-27(22-32(33)47-2)30(15-18-41-29)49-31-14-13-26(21-28(31)39)43-35(45)37(16-17-37)34(44)42-25-11-9-24(38)10-12-25/h9-15,18,21-23H,3-8,16-17,19-20H2,1-2H3,(H,40,46)(H,42,44)(H,43,45). The number of pyridine rings is 1. The minimum absolute atomic E-state index is 0.0277. The lowest BCUT2D eigenvalue weighted by Crippen LogP contribution is -2.35. The van der Waals surface area contributed by atoms with Crippen LogP contribution in [0.1, 0.15) is 51.9 Å². The van der Waals surface area contributed by atoms with E-state index in [4.69, 9.17) is 14.2 Å². The Morgan fingerprint density at radius 3 is 2.22 bits per heavy atom. The Kier molecular flexibility index (Phi) is 12.5. The smallest absolute Gasteiger partial charge is 0.279 e. The van der Waals surface area contributed by atoms with Crippen LogP contribution in [-0.2, 0) is 9.59 Å². The van der Waals surface area contributed by atoms with Crippen LogP contribution < -0.4 is 30.2 Å². The van der Waals surface area contributed by atoms with E-state index in [9.17, 15) is 18.8 Å². The third-order valence-electron chi connectivity index (χ3n) is 8.22. The summed E-state index contributed by atoms with van der Waals surface area (Å²) in [6.45, 7) is 3.05. The average molecular weight is 707 g/mol. The Labute approximate surface area is 293 Å². The highest BCUT2D eigenvalue weighted by molar-refractivity contribution is 8.13. The number of amides is 3. The van der Waals surface area contributed by atoms with Crippen LogP contribution in [0.3, 0.4) is 0 Å².